The van der Waals surface area contributed by atoms with Crippen molar-refractivity contribution in [2.24, 2.45) is 0 Å². The van der Waals surface area contributed by atoms with Gasteiger partial charge in [0, 0.05) is 50.2 Å². The molecule has 20 nitrogen and oxygen atoms in total. The first-order valence-corrected chi connectivity index (χ1v) is 27.3. The Hall–Kier alpha value is -9.14. The van der Waals surface area contributed by atoms with Crippen molar-refractivity contribution >= 4 is 34.7 Å². The highest BCUT2D eigenvalue weighted by molar-refractivity contribution is 5.78. The molecule has 0 aliphatic carbocycles. The zero-order chi connectivity index (χ0) is 65.1. The van der Waals surface area contributed by atoms with Gasteiger partial charge in [0.1, 0.15) is 51.9 Å². The summed E-state index contributed by atoms with van der Waals surface area (Å²) in [6, 6.07) is 26.4. The van der Waals surface area contributed by atoms with Crippen LogP contribution in [0.15, 0.2) is 97.1 Å². The normalized spacial score (nSPS) is 10.0. The minimum Gasteiger partial charge on any atom is -0.508 e. The van der Waals surface area contributed by atoms with E-state index in [-0.39, 0.29) is 105 Å². The Morgan fingerprint density at radius 1 is 0.349 bits per heavy atom. The van der Waals surface area contributed by atoms with Crippen molar-refractivity contribution in [3.8, 4) is 69.0 Å². The lowest BCUT2D eigenvalue weighted by Crippen LogP contribution is -1.99. The third-order valence-electron chi connectivity index (χ3n) is 12.6. The molecule has 0 spiro atoms. The second-order valence-electron chi connectivity index (χ2n) is 19.6. The van der Waals surface area contributed by atoms with Crippen LogP contribution in [0.2, 0.25) is 0 Å². The molecule has 0 amide bonds. The first kappa shape index (κ1) is 74.9. The summed E-state index contributed by atoms with van der Waals surface area (Å²) in [5.41, 5.74) is 5.64. The van der Waals surface area contributed by atoms with Gasteiger partial charge in [0.05, 0.1) is 41.7 Å². The van der Waals surface area contributed by atoms with Crippen LogP contribution in [0, 0.1) is 0 Å². The maximum Gasteiger partial charge on any atom is 0.203 e. The molecule has 6 aromatic carbocycles. The van der Waals surface area contributed by atoms with Crippen LogP contribution >= 0.6 is 0 Å². The second-order valence-corrected chi connectivity index (χ2v) is 19.6. The van der Waals surface area contributed by atoms with Gasteiger partial charge in [-0.2, -0.15) is 0 Å². The highest BCUT2D eigenvalue weighted by atomic mass is 16.5. The number of phenols is 8. The lowest BCUT2D eigenvalue weighted by atomic mass is 10.0. The molecule has 0 bridgehead atoms. The predicted octanol–water partition coefficient (Wildman–Crippen LogP) is 9.91. The molecule has 0 unspecified atom stereocenters. The maximum atomic E-state index is 10.8. The van der Waals surface area contributed by atoms with E-state index in [1.807, 2.05) is 6.07 Å². The molecule has 0 saturated carbocycles. The lowest BCUT2D eigenvalue weighted by molar-refractivity contribution is -0.117. The van der Waals surface area contributed by atoms with Gasteiger partial charge in [-0.25, -0.2) is 0 Å². The van der Waals surface area contributed by atoms with Crippen LogP contribution in [-0.2, 0) is 80.5 Å². The van der Waals surface area contributed by atoms with Gasteiger partial charge < -0.3 is 98.8 Å². The molecular weight excluding hydrogens is 1110 g/mol. The Morgan fingerprint density at radius 3 is 1.29 bits per heavy atom. The number of methoxy groups -OCH3 is 4. The summed E-state index contributed by atoms with van der Waals surface area (Å²) in [6.07, 6.45) is 5.90. The maximum absolute atomic E-state index is 10.8. The Bertz CT molecular complexity index is 3150. The number of benzene rings is 6. The van der Waals surface area contributed by atoms with Crippen molar-refractivity contribution in [2.75, 3.05) is 28.4 Å². The Balaban J connectivity index is 0.000000516. The SMILES string of the molecule is CC(=O)CCc1ccc(O)c(O)c1CO.CC(=O)CCc1ccc(O)cc1CO.COc1c(O)ccc(CCC(C)=O)c1O.COc1ccc(CCC(C)=O)c(O)c1.COc1ccc(CCC(C)=O)cc1O.COc1cccc(CCC(C)=O)c1O. The molecule has 0 aromatic heterocycles. The van der Waals surface area contributed by atoms with Gasteiger partial charge in [-0.3, -0.25) is 0 Å². The van der Waals surface area contributed by atoms with Crippen molar-refractivity contribution < 1.29 is 98.8 Å². The number of carbonyl (C=O) groups is 6. The van der Waals surface area contributed by atoms with E-state index in [0.717, 1.165) is 22.3 Å². The number of aliphatic hydroxyl groups excluding tert-OH is 2. The highest BCUT2D eigenvalue weighted by Gasteiger charge is 2.15. The summed E-state index contributed by atoms with van der Waals surface area (Å²) >= 11 is 0. The zero-order valence-corrected chi connectivity index (χ0v) is 50.7. The van der Waals surface area contributed by atoms with E-state index in [1.165, 1.54) is 60.3 Å². The number of ether oxygens (including phenoxy) is 4. The van der Waals surface area contributed by atoms with Crippen molar-refractivity contribution in [3.63, 3.8) is 0 Å². The van der Waals surface area contributed by atoms with Crippen LogP contribution in [0.3, 0.4) is 0 Å². The molecule has 0 saturated heterocycles. The largest absolute Gasteiger partial charge is 0.508 e. The molecule has 0 aliphatic rings. The van der Waals surface area contributed by atoms with Crippen molar-refractivity contribution in [2.45, 2.75) is 132 Å². The quantitative estimate of drug-likeness (QED) is 0.0252. The van der Waals surface area contributed by atoms with Crippen LogP contribution in [0.25, 0.3) is 0 Å². The number of ketones is 6. The highest BCUT2D eigenvalue weighted by Crippen LogP contribution is 2.39. The Labute approximate surface area is 502 Å². The number of aliphatic hydroxyl groups is 2. The van der Waals surface area contributed by atoms with Gasteiger partial charge in [0.2, 0.25) is 5.75 Å². The average molecular weight is 1200 g/mol. The summed E-state index contributed by atoms with van der Waals surface area (Å²) in [4.78, 5) is 64.6. The summed E-state index contributed by atoms with van der Waals surface area (Å²) in [7, 11) is 5.92. The third kappa shape index (κ3) is 28.4. The summed E-state index contributed by atoms with van der Waals surface area (Å²) < 4.78 is 19.7. The number of rotatable bonds is 24. The number of para-hydroxylation sites is 1. The number of Topliss-reactive ketones (excluding diaryl/α,β-unsaturated/α-hetero) is 6. The van der Waals surface area contributed by atoms with Gasteiger partial charge in [-0.1, -0.05) is 42.5 Å². The van der Waals surface area contributed by atoms with Crippen LogP contribution in [0.4, 0.5) is 0 Å². The van der Waals surface area contributed by atoms with E-state index in [1.54, 1.807) is 101 Å². The van der Waals surface area contributed by atoms with Gasteiger partial charge in [0.15, 0.2) is 46.0 Å². The van der Waals surface area contributed by atoms with Crippen LogP contribution in [-0.4, -0.2) is 114 Å². The summed E-state index contributed by atoms with van der Waals surface area (Å²) in [5.74, 6) is 2.01. The molecule has 6 aromatic rings. The first-order chi connectivity index (χ1) is 40.7. The summed E-state index contributed by atoms with van der Waals surface area (Å²) in [5, 5.41) is 93.6. The fourth-order valence-corrected chi connectivity index (χ4v) is 7.67. The molecule has 20 heteroatoms. The molecule has 6 rings (SSSR count). The number of aromatic hydroxyl groups is 8. The molecule has 0 atom stereocenters. The van der Waals surface area contributed by atoms with Crippen molar-refractivity contribution in [3.05, 3.63) is 142 Å². The minimum atomic E-state index is -0.354. The van der Waals surface area contributed by atoms with Crippen molar-refractivity contribution in [1.29, 1.82) is 0 Å². The van der Waals surface area contributed by atoms with Crippen molar-refractivity contribution in [1.82, 2.24) is 0 Å². The van der Waals surface area contributed by atoms with Gasteiger partial charge in [-0.15, -0.1) is 0 Å². The van der Waals surface area contributed by atoms with E-state index >= 15 is 0 Å². The zero-order valence-electron chi connectivity index (χ0n) is 50.7. The summed E-state index contributed by atoms with van der Waals surface area (Å²) in [6.45, 7) is 8.70. The predicted molar refractivity (Wildman–Crippen MR) is 324 cm³/mol. The molecule has 0 heterocycles. The van der Waals surface area contributed by atoms with E-state index in [9.17, 15) is 64.5 Å². The molecular formula is C66H84O20. The minimum absolute atomic E-state index is 0.0476. The average Bonchev–Trinajstić information content (AvgIpc) is 3.64. The van der Waals surface area contributed by atoms with Gasteiger partial charge in [-0.05, 0) is 168 Å². The molecule has 10 N–H and O–H groups in total. The third-order valence-corrected chi connectivity index (χ3v) is 12.6. The number of phenolic OH excluding ortho intramolecular Hbond substituents is 7. The number of carbonyl (C=O) groups excluding carboxylic acids is 6. The number of aryl methyl sites for hydroxylation is 6. The number of hydrogen-bond acceptors (Lipinski definition) is 20. The molecule has 468 valence electrons. The first-order valence-electron chi connectivity index (χ1n) is 27.3. The Kier molecular flexibility index (Phi) is 35.0. The fraction of sp³-hybridized carbons (Fsp3) is 0.364. The van der Waals surface area contributed by atoms with E-state index < -0.39 is 0 Å². The van der Waals surface area contributed by atoms with Gasteiger partial charge in [0.25, 0.3) is 0 Å². The monoisotopic (exact) mass is 1200 g/mol. The van der Waals surface area contributed by atoms with Crippen LogP contribution in [0.5, 0.6) is 69.0 Å². The molecule has 0 radical (unpaired) electrons. The molecule has 86 heavy (non-hydrogen) atoms. The second kappa shape index (κ2) is 40.2. The standard InChI is InChI=1S/2C11H14O4.4C11H14O3/c1-7(12)3-4-8-5-6-9(13)11(15-2)10(8)14;1-7(13)2-3-8-4-5-10(14)11(15)9(8)6-12;1-8(12)3-4-9-5-6-10(14-2)7-11(9)13;1-8(12)3-4-9-5-6-11(14-2)10(13)7-9;1-8(12)6-7-9-4-3-5-10(14-2)11(9)13;1-8(13)2-3-9-4-5-11(14)6-10(9)7-12/h5-6,13-14H,3-4H2,1-2H3;4-5,12,14-15H,2-3,6H2,1H3;2*5-7,13H,3-4H2,1-2H3;3-5,13H,6-7H2,1-2H3;4-6,12,14H,2-3,7H2,1H3. The van der Waals surface area contributed by atoms with Crippen LogP contribution < -0.4 is 18.9 Å². The van der Waals surface area contributed by atoms with E-state index in [2.05, 4.69) is 0 Å². The lowest BCUT2D eigenvalue weighted by Gasteiger charge is -2.09. The van der Waals surface area contributed by atoms with Crippen LogP contribution in [0.1, 0.15) is 125 Å². The Morgan fingerprint density at radius 2 is 0.814 bits per heavy atom. The smallest absolute Gasteiger partial charge is 0.203 e. The van der Waals surface area contributed by atoms with E-state index in [4.69, 9.17) is 34.3 Å². The number of hydrogen-bond donors (Lipinski definition) is 10. The van der Waals surface area contributed by atoms with E-state index in [0.29, 0.717) is 111 Å². The molecule has 0 fully saturated rings. The topological polar surface area (TPSA) is 342 Å². The molecule has 0 aliphatic heterocycles. The van der Waals surface area contributed by atoms with Gasteiger partial charge >= 0.3 is 0 Å². The fourth-order valence-electron chi connectivity index (χ4n) is 7.67.